The maximum Gasteiger partial charge on any atom is 0.0452 e. The molecule has 0 spiro atoms. The number of likely N-dealkylation sites (tertiary alicyclic amines) is 1. The van der Waals surface area contributed by atoms with Crippen molar-refractivity contribution in [1.82, 2.24) is 4.90 Å². The van der Waals surface area contributed by atoms with Crippen LogP contribution in [0.3, 0.4) is 0 Å². The Balaban J connectivity index is 2.03. The van der Waals surface area contributed by atoms with Gasteiger partial charge in [0.25, 0.3) is 0 Å². The molecule has 0 saturated carbocycles. The van der Waals surface area contributed by atoms with Gasteiger partial charge in [0.15, 0.2) is 0 Å². The molecule has 1 aliphatic heterocycles. The van der Waals surface area contributed by atoms with Crippen molar-refractivity contribution >= 4 is 23.2 Å². The Hall–Kier alpha value is -0.280. The second kappa shape index (κ2) is 6.25. The van der Waals surface area contributed by atoms with E-state index >= 15 is 0 Å². The molecule has 4 heteroatoms. The molecule has 100 valence electrons. The summed E-state index contributed by atoms with van der Waals surface area (Å²) < 4.78 is 0. The van der Waals surface area contributed by atoms with Crippen molar-refractivity contribution < 1.29 is 0 Å². The smallest absolute Gasteiger partial charge is 0.0452 e. The molecule has 1 aromatic carbocycles. The zero-order valence-corrected chi connectivity index (χ0v) is 12.2. The van der Waals surface area contributed by atoms with Crippen molar-refractivity contribution in [2.24, 2.45) is 17.6 Å². The molecule has 2 atom stereocenters. The van der Waals surface area contributed by atoms with E-state index < -0.39 is 0 Å². The van der Waals surface area contributed by atoms with Gasteiger partial charge < -0.3 is 5.73 Å². The van der Waals surface area contributed by atoms with Crippen molar-refractivity contribution in [3.05, 3.63) is 33.8 Å². The maximum atomic E-state index is 6.20. The highest BCUT2D eigenvalue weighted by Crippen LogP contribution is 2.26. The van der Waals surface area contributed by atoms with Crippen molar-refractivity contribution in [2.45, 2.75) is 19.9 Å². The normalized spacial score (nSPS) is 25.3. The van der Waals surface area contributed by atoms with Crippen LogP contribution in [0, 0.1) is 11.8 Å². The number of benzene rings is 1. The van der Waals surface area contributed by atoms with Crippen LogP contribution < -0.4 is 5.73 Å². The fourth-order valence-corrected chi connectivity index (χ4v) is 2.95. The number of piperidine rings is 1. The first-order valence-electron chi connectivity index (χ1n) is 6.46. The number of hydrogen-bond donors (Lipinski definition) is 1. The predicted molar refractivity (Wildman–Crippen MR) is 78.1 cm³/mol. The van der Waals surface area contributed by atoms with Gasteiger partial charge in [-0.1, -0.05) is 30.1 Å². The van der Waals surface area contributed by atoms with E-state index in [-0.39, 0.29) is 0 Å². The molecule has 18 heavy (non-hydrogen) atoms. The topological polar surface area (TPSA) is 29.3 Å². The molecule has 1 saturated heterocycles. The zero-order valence-electron chi connectivity index (χ0n) is 10.7. The van der Waals surface area contributed by atoms with Crippen LogP contribution in [0.25, 0.3) is 0 Å². The highest BCUT2D eigenvalue weighted by atomic mass is 35.5. The fraction of sp³-hybridized carbons (Fsp3) is 0.571. The van der Waals surface area contributed by atoms with Crippen molar-refractivity contribution in [2.75, 3.05) is 19.6 Å². The lowest BCUT2D eigenvalue weighted by molar-refractivity contribution is 0.126. The van der Waals surface area contributed by atoms with Crippen LogP contribution in [-0.2, 0) is 6.54 Å². The molecule has 0 aromatic heterocycles. The SMILES string of the molecule is CC1CCN(Cc2cc(Cl)ccc2Cl)CC1CN. The molecule has 0 radical (unpaired) electrons. The van der Waals surface area contributed by atoms with E-state index in [1.807, 2.05) is 18.2 Å². The minimum Gasteiger partial charge on any atom is -0.330 e. The Kier molecular flexibility index (Phi) is 4.91. The highest BCUT2D eigenvalue weighted by Gasteiger charge is 2.25. The lowest BCUT2D eigenvalue weighted by Crippen LogP contribution is -2.42. The first-order chi connectivity index (χ1) is 8.60. The summed E-state index contributed by atoms with van der Waals surface area (Å²) in [5.41, 5.74) is 6.94. The molecule has 2 rings (SSSR count). The van der Waals surface area contributed by atoms with Gasteiger partial charge in [-0.15, -0.1) is 0 Å². The maximum absolute atomic E-state index is 6.20. The van der Waals surface area contributed by atoms with Gasteiger partial charge in [0, 0.05) is 23.1 Å². The summed E-state index contributed by atoms with van der Waals surface area (Å²) in [5.74, 6) is 1.32. The summed E-state index contributed by atoms with van der Waals surface area (Å²) in [6, 6.07) is 5.65. The summed E-state index contributed by atoms with van der Waals surface area (Å²) in [5, 5.41) is 1.54. The second-order valence-corrected chi connectivity index (χ2v) is 6.08. The van der Waals surface area contributed by atoms with Gasteiger partial charge in [0.2, 0.25) is 0 Å². The summed E-state index contributed by atoms with van der Waals surface area (Å²) >= 11 is 12.2. The van der Waals surface area contributed by atoms with Gasteiger partial charge in [-0.05, 0) is 55.1 Å². The first kappa shape index (κ1) is 14.1. The fourth-order valence-electron chi connectivity index (χ4n) is 2.58. The molecule has 0 amide bonds. The van der Waals surface area contributed by atoms with Crippen molar-refractivity contribution in [1.29, 1.82) is 0 Å². The average Bonchev–Trinajstić information content (AvgIpc) is 2.36. The van der Waals surface area contributed by atoms with E-state index in [1.54, 1.807) is 0 Å². The van der Waals surface area contributed by atoms with E-state index in [9.17, 15) is 0 Å². The number of nitrogens with zero attached hydrogens (tertiary/aromatic N) is 1. The molecular formula is C14H20Cl2N2. The lowest BCUT2D eigenvalue weighted by atomic mass is 9.87. The third-order valence-electron chi connectivity index (χ3n) is 3.90. The number of halogens is 2. The third kappa shape index (κ3) is 3.39. The van der Waals surface area contributed by atoms with Crippen molar-refractivity contribution in [3.63, 3.8) is 0 Å². The minimum absolute atomic E-state index is 0.594. The van der Waals surface area contributed by atoms with Gasteiger partial charge >= 0.3 is 0 Å². The molecule has 0 bridgehead atoms. The number of hydrogen-bond acceptors (Lipinski definition) is 2. The van der Waals surface area contributed by atoms with Crippen LogP contribution in [0.2, 0.25) is 10.0 Å². The molecule has 0 aliphatic carbocycles. The van der Waals surface area contributed by atoms with Gasteiger partial charge in [-0.3, -0.25) is 4.90 Å². The highest BCUT2D eigenvalue weighted by molar-refractivity contribution is 6.33. The first-order valence-corrected chi connectivity index (χ1v) is 7.22. The summed E-state index contributed by atoms with van der Waals surface area (Å²) in [7, 11) is 0. The van der Waals surface area contributed by atoms with E-state index in [0.29, 0.717) is 5.92 Å². The molecule has 2 nitrogen and oxygen atoms in total. The van der Waals surface area contributed by atoms with Gasteiger partial charge in [-0.25, -0.2) is 0 Å². The van der Waals surface area contributed by atoms with Crippen LogP contribution >= 0.6 is 23.2 Å². The Morgan fingerprint density at radius 1 is 1.39 bits per heavy atom. The van der Waals surface area contributed by atoms with Gasteiger partial charge in [0.1, 0.15) is 0 Å². The summed E-state index contributed by atoms with van der Waals surface area (Å²) in [6.45, 7) is 6.09. The Morgan fingerprint density at radius 3 is 2.89 bits per heavy atom. The molecule has 1 heterocycles. The van der Waals surface area contributed by atoms with Gasteiger partial charge in [0.05, 0.1) is 0 Å². The lowest BCUT2D eigenvalue weighted by Gasteiger charge is -2.36. The van der Waals surface area contributed by atoms with Crippen molar-refractivity contribution in [3.8, 4) is 0 Å². The van der Waals surface area contributed by atoms with E-state index in [4.69, 9.17) is 28.9 Å². The summed E-state index contributed by atoms with van der Waals surface area (Å²) in [4.78, 5) is 2.43. The molecule has 1 fully saturated rings. The average molecular weight is 287 g/mol. The van der Waals surface area contributed by atoms with Crippen LogP contribution in [-0.4, -0.2) is 24.5 Å². The van der Waals surface area contributed by atoms with Crippen LogP contribution in [0.15, 0.2) is 18.2 Å². The van der Waals surface area contributed by atoms with Crippen LogP contribution in [0.1, 0.15) is 18.9 Å². The molecule has 1 aromatic rings. The molecule has 1 aliphatic rings. The zero-order chi connectivity index (χ0) is 13.1. The van der Waals surface area contributed by atoms with E-state index in [2.05, 4.69) is 11.8 Å². The second-order valence-electron chi connectivity index (χ2n) is 5.23. The monoisotopic (exact) mass is 286 g/mol. The Morgan fingerprint density at radius 2 is 2.17 bits per heavy atom. The Bertz CT molecular complexity index is 409. The number of nitrogens with two attached hydrogens (primary N) is 1. The Labute approximate surface area is 119 Å². The van der Waals surface area contributed by atoms with E-state index in [0.717, 1.165) is 47.7 Å². The van der Waals surface area contributed by atoms with Gasteiger partial charge in [-0.2, -0.15) is 0 Å². The third-order valence-corrected chi connectivity index (χ3v) is 4.51. The van der Waals surface area contributed by atoms with Crippen LogP contribution in [0.5, 0.6) is 0 Å². The van der Waals surface area contributed by atoms with E-state index in [1.165, 1.54) is 6.42 Å². The molecule has 2 N–H and O–H groups in total. The minimum atomic E-state index is 0.594. The predicted octanol–water partition coefficient (Wildman–Crippen LogP) is 3.41. The molecular weight excluding hydrogens is 267 g/mol. The largest absolute Gasteiger partial charge is 0.330 e. The summed E-state index contributed by atoms with van der Waals surface area (Å²) in [6.07, 6.45) is 1.21. The molecule has 2 unspecified atom stereocenters. The quantitative estimate of drug-likeness (QED) is 0.923. The van der Waals surface area contributed by atoms with Crippen LogP contribution in [0.4, 0.5) is 0 Å². The standard InChI is InChI=1S/C14H20Cl2N2/c1-10-4-5-18(9-12(10)7-17)8-11-6-13(15)2-3-14(11)16/h2-3,6,10,12H,4-5,7-9,17H2,1H3. The number of rotatable bonds is 3.